The number of hydrogen-bond donors (Lipinski definition) is 0. The molecule has 1 aromatic rings. The lowest BCUT2D eigenvalue weighted by atomic mass is 10.1. The summed E-state index contributed by atoms with van der Waals surface area (Å²) in [5.74, 6) is -1.96. The summed E-state index contributed by atoms with van der Waals surface area (Å²) >= 11 is 0. The van der Waals surface area contributed by atoms with Crippen LogP contribution in [0.2, 0.25) is 0 Å². The van der Waals surface area contributed by atoms with Crippen molar-refractivity contribution in [3.63, 3.8) is 0 Å². The van der Waals surface area contributed by atoms with Crippen molar-refractivity contribution in [3.8, 4) is 5.75 Å². The molecule has 0 saturated carbocycles. The molecule has 1 aromatic heterocycles. The minimum absolute atomic E-state index is 0.185. The van der Waals surface area contributed by atoms with Crippen molar-refractivity contribution in [2.75, 3.05) is 20.3 Å². The zero-order chi connectivity index (χ0) is 14.3. The Morgan fingerprint density at radius 1 is 1.16 bits per heavy atom. The van der Waals surface area contributed by atoms with Crippen LogP contribution in [0.1, 0.15) is 25.5 Å². The maximum absolute atomic E-state index is 11.8. The van der Waals surface area contributed by atoms with Crippen molar-refractivity contribution < 1.29 is 23.8 Å². The molecule has 0 aliphatic heterocycles. The number of carbonyl (C=O) groups is 2. The first-order chi connectivity index (χ1) is 9.13. The van der Waals surface area contributed by atoms with E-state index in [2.05, 4.69) is 4.98 Å². The maximum Gasteiger partial charge on any atom is 0.326 e. The van der Waals surface area contributed by atoms with Gasteiger partial charge in [0.25, 0.3) is 0 Å². The molecule has 0 fully saturated rings. The number of carbonyl (C=O) groups excluding carboxylic acids is 2. The molecular weight excluding hydrogens is 250 g/mol. The van der Waals surface area contributed by atoms with Crippen LogP contribution in [0.15, 0.2) is 18.3 Å². The standard InChI is InChI=1S/C13H17NO5/c1-4-18-12(15)11(13(16)19-5-2)10-7-6-9(17-3)8-14-10/h6-8,11H,4-5H2,1-3H3. The molecule has 0 radical (unpaired) electrons. The van der Waals surface area contributed by atoms with Crippen molar-refractivity contribution in [2.45, 2.75) is 19.8 Å². The Bertz CT molecular complexity index is 411. The molecule has 0 saturated heterocycles. The first-order valence-corrected chi connectivity index (χ1v) is 5.97. The van der Waals surface area contributed by atoms with E-state index in [0.29, 0.717) is 5.75 Å². The summed E-state index contributed by atoms with van der Waals surface area (Å²) < 4.78 is 14.7. The molecular formula is C13H17NO5. The average Bonchev–Trinajstić information content (AvgIpc) is 2.40. The van der Waals surface area contributed by atoms with Gasteiger partial charge >= 0.3 is 11.9 Å². The number of hydrogen-bond acceptors (Lipinski definition) is 6. The second-order valence-corrected chi connectivity index (χ2v) is 3.56. The summed E-state index contributed by atoms with van der Waals surface area (Å²) in [7, 11) is 1.50. The topological polar surface area (TPSA) is 74.7 Å². The fraction of sp³-hybridized carbons (Fsp3) is 0.462. The van der Waals surface area contributed by atoms with Crippen LogP contribution in [0.3, 0.4) is 0 Å². The first kappa shape index (κ1) is 14.9. The summed E-state index contributed by atoms with van der Waals surface area (Å²) in [6.07, 6.45) is 1.43. The van der Waals surface area contributed by atoms with Crippen molar-refractivity contribution in [1.82, 2.24) is 4.98 Å². The molecule has 0 bridgehead atoms. The number of pyridine rings is 1. The Labute approximate surface area is 111 Å². The van der Waals surface area contributed by atoms with Crippen LogP contribution in [-0.4, -0.2) is 37.2 Å². The van der Waals surface area contributed by atoms with Gasteiger partial charge in [0.1, 0.15) is 5.75 Å². The predicted octanol–water partition coefficient (Wildman–Crippen LogP) is 1.30. The highest BCUT2D eigenvalue weighted by molar-refractivity contribution is 6.00. The minimum Gasteiger partial charge on any atom is -0.495 e. The third-order valence-corrected chi connectivity index (χ3v) is 2.34. The number of rotatable bonds is 6. The van der Waals surface area contributed by atoms with Gasteiger partial charge in [0.15, 0.2) is 5.92 Å². The molecule has 1 heterocycles. The SMILES string of the molecule is CCOC(=O)C(C(=O)OCC)c1ccc(OC)cn1. The highest BCUT2D eigenvalue weighted by Gasteiger charge is 2.32. The summed E-state index contributed by atoms with van der Waals surface area (Å²) in [5.41, 5.74) is 0.276. The quantitative estimate of drug-likeness (QED) is 0.571. The molecule has 0 spiro atoms. The molecule has 0 unspecified atom stereocenters. The van der Waals surface area contributed by atoms with Gasteiger partial charge in [0, 0.05) is 0 Å². The third kappa shape index (κ3) is 3.94. The molecule has 1 rings (SSSR count). The number of nitrogens with zero attached hydrogens (tertiary/aromatic N) is 1. The van der Waals surface area contributed by atoms with Gasteiger partial charge in [-0.15, -0.1) is 0 Å². The molecule has 0 N–H and O–H groups in total. The summed E-state index contributed by atoms with van der Waals surface area (Å²) in [4.78, 5) is 27.7. The highest BCUT2D eigenvalue weighted by Crippen LogP contribution is 2.19. The van der Waals surface area contributed by atoms with E-state index in [0.717, 1.165) is 0 Å². The smallest absolute Gasteiger partial charge is 0.326 e. The van der Waals surface area contributed by atoms with Crippen molar-refractivity contribution in [1.29, 1.82) is 0 Å². The molecule has 0 aliphatic carbocycles. The van der Waals surface area contributed by atoms with Crippen LogP contribution in [0, 0.1) is 0 Å². The summed E-state index contributed by atoms with van der Waals surface area (Å²) in [6.45, 7) is 3.71. The Hall–Kier alpha value is -2.11. The molecule has 0 amide bonds. The fourth-order valence-corrected chi connectivity index (χ4v) is 1.47. The molecule has 19 heavy (non-hydrogen) atoms. The van der Waals surface area contributed by atoms with Gasteiger partial charge in [-0.1, -0.05) is 0 Å². The average molecular weight is 267 g/mol. The van der Waals surface area contributed by atoms with E-state index in [1.807, 2.05) is 0 Å². The van der Waals surface area contributed by atoms with Crippen LogP contribution in [-0.2, 0) is 19.1 Å². The Morgan fingerprint density at radius 3 is 2.11 bits per heavy atom. The van der Waals surface area contributed by atoms with Crippen molar-refractivity contribution in [3.05, 3.63) is 24.0 Å². The lowest BCUT2D eigenvalue weighted by Crippen LogP contribution is -2.27. The van der Waals surface area contributed by atoms with Crippen LogP contribution >= 0.6 is 0 Å². The Kier molecular flexibility index (Phi) is 5.78. The lowest BCUT2D eigenvalue weighted by molar-refractivity contribution is -0.157. The molecule has 0 aliphatic rings. The Morgan fingerprint density at radius 2 is 1.74 bits per heavy atom. The number of esters is 2. The normalized spacial score (nSPS) is 10.1. The fourth-order valence-electron chi connectivity index (χ4n) is 1.47. The molecule has 0 atom stereocenters. The van der Waals surface area contributed by atoms with E-state index in [9.17, 15) is 9.59 Å². The number of aromatic nitrogens is 1. The first-order valence-electron chi connectivity index (χ1n) is 5.97. The van der Waals surface area contributed by atoms with Gasteiger partial charge in [-0.05, 0) is 26.0 Å². The van der Waals surface area contributed by atoms with Gasteiger partial charge in [0.05, 0.1) is 32.2 Å². The van der Waals surface area contributed by atoms with E-state index in [-0.39, 0.29) is 18.9 Å². The summed E-state index contributed by atoms with van der Waals surface area (Å²) in [5, 5.41) is 0. The van der Waals surface area contributed by atoms with Crippen LogP contribution in [0.25, 0.3) is 0 Å². The third-order valence-electron chi connectivity index (χ3n) is 2.34. The number of methoxy groups -OCH3 is 1. The zero-order valence-electron chi connectivity index (χ0n) is 11.2. The molecule has 6 heteroatoms. The second-order valence-electron chi connectivity index (χ2n) is 3.56. The van der Waals surface area contributed by atoms with Crippen LogP contribution in [0.4, 0.5) is 0 Å². The van der Waals surface area contributed by atoms with E-state index >= 15 is 0 Å². The van der Waals surface area contributed by atoms with E-state index in [4.69, 9.17) is 14.2 Å². The van der Waals surface area contributed by atoms with Crippen molar-refractivity contribution in [2.24, 2.45) is 0 Å². The van der Waals surface area contributed by atoms with Crippen LogP contribution in [0.5, 0.6) is 5.75 Å². The van der Waals surface area contributed by atoms with Gasteiger partial charge in [-0.2, -0.15) is 0 Å². The predicted molar refractivity (Wildman–Crippen MR) is 66.8 cm³/mol. The van der Waals surface area contributed by atoms with Crippen molar-refractivity contribution >= 4 is 11.9 Å². The van der Waals surface area contributed by atoms with Gasteiger partial charge < -0.3 is 14.2 Å². The number of ether oxygens (including phenoxy) is 3. The molecule has 6 nitrogen and oxygen atoms in total. The van der Waals surface area contributed by atoms with Gasteiger partial charge in [0.2, 0.25) is 0 Å². The van der Waals surface area contributed by atoms with E-state index < -0.39 is 17.9 Å². The minimum atomic E-state index is -1.16. The zero-order valence-corrected chi connectivity index (χ0v) is 11.2. The van der Waals surface area contributed by atoms with Gasteiger partial charge in [-0.25, -0.2) is 0 Å². The van der Waals surface area contributed by atoms with Crippen LogP contribution < -0.4 is 4.74 Å². The summed E-state index contributed by atoms with van der Waals surface area (Å²) in [6, 6.07) is 3.16. The lowest BCUT2D eigenvalue weighted by Gasteiger charge is -2.14. The van der Waals surface area contributed by atoms with E-state index in [1.165, 1.54) is 19.4 Å². The molecule has 104 valence electrons. The Balaban J connectivity index is 3.00. The highest BCUT2D eigenvalue weighted by atomic mass is 16.6. The maximum atomic E-state index is 11.8. The van der Waals surface area contributed by atoms with Gasteiger partial charge in [-0.3, -0.25) is 14.6 Å². The molecule has 0 aromatic carbocycles. The van der Waals surface area contributed by atoms with E-state index in [1.54, 1.807) is 19.9 Å². The largest absolute Gasteiger partial charge is 0.495 e. The second kappa shape index (κ2) is 7.35. The monoisotopic (exact) mass is 267 g/mol.